The van der Waals surface area contributed by atoms with Crippen molar-refractivity contribution in [1.29, 1.82) is 0 Å². The number of halogens is 2. The minimum absolute atomic E-state index is 0.537. The molecule has 0 atom stereocenters. The number of rotatable bonds is 6. The van der Waals surface area contributed by atoms with Crippen molar-refractivity contribution in [2.24, 2.45) is 0 Å². The third-order valence-electron chi connectivity index (χ3n) is 4.93. The van der Waals surface area contributed by atoms with Gasteiger partial charge in [-0.25, -0.2) is 0 Å². The minimum Gasteiger partial charge on any atom is -0.488 e. The average molecular weight is 511 g/mol. The minimum atomic E-state index is 0.537. The van der Waals surface area contributed by atoms with Gasteiger partial charge in [0.15, 0.2) is 0 Å². The van der Waals surface area contributed by atoms with E-state index in [0.29, 0.717) is 6.61 Å². The van der Waals surface area contributed by atoms with Crippen LogP contribution in [0.5, 0.6) is 5.75 Å². The lowest BCUT2D eigenvalue weighted by molar-refractivity contribution is 0.305. The summed E-state index contributed by atoms with van der Waals surface area (Å²) in [5.41, 5.74) is 4.73. The monoisotopic (exact) mass is 509 g/mol. The lowest BCUT2D eigenvalue weighted by Crippen LogP contribution is -2.02. The number of hydrogen-bond donors (Lipinski definition) is 1. The number of fused-ring (bicyclic) bond motifs is 1. The second-order valence-corrected chi connectivity index (χ2v) is 8.77. The zero-order valence-electron chi connectivity index (χ0n) is 16.1. The zero-order valence-corrected chi connectivity index (χ0v) is 19.3. The molecule has 0 aliphatic heterocycles. The number of nitrogens with one attached hydrogen (secondary N) is 1. The van der Waals surface area contributed by atoms with Crippen LogP contribution in [0.25, 0.3) is 10.8 Å². The molecule has 0 heterocycles. The van der Waals surface area contributed by atoms with E-state index >= 15 is 0 Å². The predicted octanol–water partition coefficient (Wildman–Crippen LogP) is 7.86. The van der Waals surface area contributed by atoms with Gasteiger partial charge in [0.05, 0.1) is 4.47 Å². The van der Waals surface area contributed by atoms with Crippen molar-refractivity contribution >= 4 is 48.3 Å². The summed E-state index contributed by atoms with van der Waals surface area (Å²) in [7, 11) is 0. The van der Waals surface area contributed by atoms with E-state index in [1.165, 1.54) is 27.5 Å². The first-order chi connectivity index (χ1) is 14.1. The Hall–Kier alpha value is -2.30. The molecule has 0 spiro atoms. The van der Waals surface area contributed by atoms with E-state index in [9.17, 15) is 0 Å². The Balaban J connectivity index is 1.43. The molecule has 29 heavy (non-hydrogen) atoms. The van der Waals surface area contributed by atoms with Crippen LogP contribution in [0.15, 0.2) is 87.8 Å². The van der Waals surface area contributed by atoms with E-state index < -0.39 is 0 Å². The Labute approximate surface area is 188 Å². The molecule has 1 N–H and O–H groups in total. The van der Waals surface area contributed by atoms with Gasteiger partial charge in [-0.1, -0.05) is 64.5 Å². The highest BCUT2D eigenvalue weighted by Gasteiger charge is 2.06. The van der Waals surface area contributed by atoms with Crippen molar-refractivity contribution in [3.05, 3.63) is 104 Å². The molecule has 0 aliphatic carbocycles. The molecular weight excluding hydrogens is 490 g/mol. The first-order valence-corrected chi connectivity index (χ1v) is 11.1. The maximum Gasteiger partial charge on any atom is 0.134 e. The summed E-state index contributed by atoms with van der Waals surface area (Å²) in [6.45, 7) is 3.40. The average Bonchev–Trinajstić information content (AvgIpc) is 2.72. The van der Waals surface area contributed by atoms with Gasteiger partial charge in [0.2, 0.25) is 0 Å². The molecule has 0 aliphatic rings. The number of anilines is 1. The van der Waals surface area contributed by atoms with Crippen LogP contribution in [-0.2, 0) is 13.2 Å². The Morgan fingerprint density at radius 2 is 1.69 bits per heavy atom. The Morgan fingerprint density at radius 3 is 2.52 bits per heavy atom. The second kappa shape index (κ2) is 9.02. The van der Waals surface area contributed by atoms with Crippen molar-refractivity contribution in [1.82, 2.24) is 0 Å². The van der Waals surface area contributed by atoms with Crippen molar-refractivity contribution in [2.45, 2.75) is 20.1 Å². The van der Waals surface area contributed by atoms with Gasteiger partial charge in [-0.05, 0) is 80.6 Å². The maximum atomic E-state index is 6.11. The SMILES string of the molecule is Cc1cc(Br)ccc1NCc1ccc(OCc2cccc3ccccc23)c(Br)c1. The molecule has 4 aromatic rings. The third kappa shape index (κ3) is 4.82. The summed E-state index contributed by atoms with van der Waals surface area (Å²) >= 11 is 7.17. The summed E-state index contributed by atoms with van der Waals surface area (Å²) in [5, 5.41) is 5.97. The van der Waals surface area contributed by atoms with Crippen LogP contribution >= 0.6 is 31.9 Å². The normalized spacial score (nSPS) is 10.9. The molecule has 146 valence electrons. The quantitative estimate of drug-likeness (QED) is 0.285. The first-order valence-electron chi connectivity index (χ1n) is 9.48. The zero-order chi connectivity index (χ0) is 20.2. The van der Waals surface area contributed by atoms with Gasteiger partial charge in [-0.2, -0.15) is 0 Å². The van der Waals surface area contributed by atoms with Crippen molar-refractivity contribution in [3.8, 4) is 5.75 Å². The van der Waals surface area contributed by atoms with E-state index in [-0.39, 0.29) is 0 Å². The van der Waals surface area contributed by atoms with Crippen LogP contribution in [0.4, 0.5) is 5.69 Å². The van der Waals surface area contributed by atoms with E-state index in [0.717, 1.165) is 26.9 Å². The van der Waals surface area contributed by atoms with Gasteiger partial charge in [-0.3, -0.25) is 0 Å². The first kappa shape index (κ1) is 20.0. The second-order valence-electron chi connectivity index (χ2n) is 7.00. The number of hydrogen-bond acceptors (Lipinski definition) is 2. The maximum absolute atomic E-state index is 6.11. The highest BCUT2D eigenvalue weighted by molar-refractivity contribution is 9.10. The molecule has 4 aromatic carbocycles. The van der Waals surface area contributed by atoms with Crippen LogP contribution in [-0.4, -0.2) is 0 Å². The van der Waals surface area contributed by atoms with Gasteiger partial charge in [0.25, 0.3) is 0 Å². The summed E-state index contributed by atoms with van der Waals surface area (Å²) in [4.78, 5) is 0. The van der Waals surface area contributed by atoms with E-state index in [1.807, 2.05) is 6.07 Å². The Bertz CT molecular complexity index is 1150. The lowest BCUT2D eigenvalue weighted by Gasteiger charge is -2.13. The van der Waals surface area contributed by atoms with Crippen LogP contribution in [0.1, 0.15) is 16.7 Å². The number of benzene rings is 4. The van der Waals surface area contributed by atoms with Gasteiger partial charge in [-0.15, -0.1) is 0 Å². The van der Waals surface area contributed by atoms with Crippen molar-refractivity contribution < 1.29 is 4.74 Å². The fraction of sp³-hybridized carbons (Fsp3) is 0.120. The molecule has 0 amide bonds. The fourth-order valence-corrected chi connectivity index (χ4v) is 4.38. The van der Waals surface area contributed by atoms with Crippen LogP contribution in [0.2, 0.25) is 0 Å². The molecular formula is C25H21Br2NO. The number of aryl methyl sites for hydroxylation is 1. The van der Waals surface area contributed by atoms with Gasteiger partial charge >= 0.3 is 0 Å². The van der Waals surface area contributed by atoms with Crippen LogP contribution in [0.3, 0.4) is 0 Å². The highest BCUT2D eigenvalue weighted by atomic mass is 79.9. The molecule has 0 bridgehead atoms. The summed E-state index contributed by atoms with van der Waals surface area (Å²) in [6.07, 6.45) is 0. The molecule has 0 radical (unpaired) electrons. The molecule has 4 heteroatoms. The fourth-order valence-electron chi connectivity index (χ4n) is 3.37. The van der Waals surface area contributed by atoms with Crippen LogP contribution in [0, 0.1) is 6.92 Å². The Kier molecular flexibility index (Phi) is 6.22. The standard InChI is InChI=1S/C25H21Br2NO/c1-17-13-21(26)10-11-24(17)28-15-18-9-12-25(23(27)14-18)29-16-20-7-4-6-19-5-2-3-8-22(19)20/h2-14,28H,15-16H2,1H3. The highest BCUT2D eigenvalue weighted by Crippen LogP contribution is 2.29. The third-order valence-corrected chi connectivity index (χ3v) is 6.04. The Morgan fingerprint density at radius 1 is 0.862 bits per heavy atom. The van der Waals surface area contributed by atoms with E-state index in [4.69, 9.17) is 4.74 Å². The summed E-state index contributed by atoms with van der Waals surface area (Å²) in [5.74, 6) is 0.849. The van der Waals surface area contributed by atoms with Crippen LogP contribution < -0.4 is 10.1 Å². The van der Waals surface area contributed by atoms with Gasteiger partial charge in [0.1, 0.15) is 12.4 Å². The van der Waals surface area contributed by atoms with E-state index in [1.54, 1.807) is 0 Å². The summed E-state index contributed by atoms with van der Waals surface area (Å²) in [6, 6.07) is 27.2. The molecule has 4 rings (SSSR count). The molecule has 0 saturated carbocycles. The van der Waals surface area contributed by atoms with Crippen molar-refractivity contribution in [3.63, 3.8) is 0 Å². The predicted molar refractivity (Wildman–Crippen MR) is 129 cm³/mol. The largest absolute Gasteiger partial charge is 0.488 e. The van der Waals surface area contributed by atoms with E-state index in [2.05, 4.69) is 117 Å². The summed E-state index contributed by atoms with van der Waals surface area (Å²) < 4.78 is 8.16. The molecule has 0 unspecified atom stereocenters. The molecule has 0 aromatic heterocycles. The lowest BCUT2D eigenvalue weighted by atomic mass is 10.1. The topological polar surface area (TPSA) is 21.3 Å². The van der Waals surface area contributed by atoms with Crippen molar-refractivity contribution in [2.75, 3.05) is 5.32 Å². The molecule has 0 fully saturated rings. The smallest absolute Gasteiger partial charge is 0.134 e. The molecule has 0 saturated heterocycles. The molecule has 2 nitrogen and oxygen atoms in total. The number of ether oxygens (including phenoxy) is 1. The van der Waals surface area contributed by atoms with Gasteiger partial charge < -0.3 is 10.1 Å². The van der Waals surface area contributed by atoms with Gasteiger partial charge in [0, 0.05) is 16.7 Å².